The van der Waals surface area contributed by atoms with Crippen LogP contribution in [0.5, 0.6) is 5.75 Å². The summed E-state index contributed by atoms with van der Waals surface area (Å²) < 4.78 is 5.52. The first-order chi connectivity index (χ1) is 15.8. The largest absolute Gasteiger partial charge is 0.507 e. The van der Waals surface area contributed by atoms with Crippen molar-refractivity contribution >= 4 is 46.3 Å². The number of anilines is 1. The maximum absolute atomic E-state index is 13.2. The molecule has 8 heteroatoms. The molecular formula is C25H20Cl2N2O4. The first kappa shape index (κ1) is 22.8. The third-order valence-corrected chi connectivity index (χ3v) is 5.95. The lowest BCUT2D eigenvalue weighted by atomic mass is 9.95. The van der Waals surface area contributed by atoms with Crippen LogP contribution in [0.4, 0.5) is 5.69 Å². The van der Waals surface area contributed by atoms with E-state index in [1.807, 2.05) is 13.8 Å². The van der Waals surface area contributed by atoms with Gasteiger partial charge in [-0.1, -0.05) is 29.3 Å². The third kappa shape index (κ3) is 4.19. The van der Waals surface area contributed by atoms with Crippen LogP contribution >= 0.6 is 23.2 Å². The normalized spacial score (nSPS) is 17.5. The monoisotopic (exact) mass is 482 g/mol. The highest BCUT2D eigenvalue weighted by Crippen LogP contribution is 2.44. The molecule has 2 aromatic carbocycles. The van der Waals surface area contributed by atoms with Crippen LogP contribution in [0, 0.1) is 6.92 Å². The summed E-state index contributed by atoms with van der Waals surface area (Å²) in [4.78, 5) is 31.9. The first-order valence-corrected chi connectivity index (χ1v) is 11.0. The zero-order valence-corrected chi connectivity index (χ0v) is 19.4. The number of ether oxygens (including phenoxy) is 1. The number of hydrogen-bond donors (Lipinski definition) is 1. The van der Waals surface area contributed by atoms with Gasteiger partial charge in [-0.15, -0.1) is 0 Å². The Labute approximate surface area is 201 Å². The molecule has 4 rings (SSSR count). The molecule has 1 atom stereocenters. The molecule has 0 radical (unpaired) electrons. The number of hydrogen-bond acceptors (Lipinski definition) is 5. The summed E-state index contributed by atoms with van der Waals surface area (Å²) in [7, 11) is 0. The van der Waals surface area contributed by atoms with E-state index in [1.54, 1.807) is 60.9 Å². The van der Waals surface area contributed by atoms with E-state index in [0.717, 1.165) is 5.56 Å². The quantitative estimate of drug-likeness (QED) is 0.285. The van der Waals surface area contributed by atoms with Gasteiger partial charge in [0.1, 0.15) is 11.5 Å². The molecule has 3 aromatic rings. The lowest BCUT2D eigenvalue weighted by molar-refractivity contribution is -0.132. The maximum atomic E-state index is 13.2. The van der Waals surface area contributed by atoms with Crippen molar-refractivity contribution in [2.45, 2.75) is 19.9 Å². The number of aromatic nitrogens is 1. The highest BCUT2D eigenvalue weighted by molar-refractivity contribution is 6.52. The molecule has 168 valence electrons. The van der Waals surface area contributed by atoms with Crippen molar-refractivity contribution in [2.24, 2.45) is 0 Å². The van der Waals surface area contributed by atoms with Crippen molar-refractivity contribution in [2.75, 3.05) is 11.5 Å². The summed E-state index contributed by atoms with van der Waals surface area (Å²) in [6.07, 6.45) is 3.13. The van der Waals surface area contributed by atoms with Gasteiger partial charge in [0.15, 0.2) is 0 Å². The van der Waals surface area contributed by atoms with Crippen molar-refractivity contribution in [3.05, 3.63) is 93.2 Å². The Morgan fingerprint density at radius 1 is 1.09 bits per heavy atom. The number of Topliss-reactive ketones (excluding diaryl/α,β-unsaturated/α-hetero) is 1. The minimum absolute atomic E-state index is 0.0460. The molecule has 1 saturated heterocycles. The fourth-order valence-corrected chi connectivity index (χ4v) is 4.19. The summed E-state index contributed by atoms with van der Waals surface area (Å²) in [5.74, 6) is -1.53. The number of nitrogens with zero attached hydrogens (tertiary/aromatic N) is 2. The van der Waals surface area contributed by atoms with Crippen LogP contribution in [-0.4, -0.2) is 28.4 Å². The van der Waals surface area contributed by atoms with Gasteiger partial charge in [0.05, 0.1) is 23.2 Å². The van der Waals surface area contributed by atoms with Gasteiger partial charge in [-0.2, -0.15) is 0 Å². The number of aliphatic hydroxyl groups excluding tert-OH is 1. The van der Waals surface area contributed by atoms with Crippen molar-refractivity contribution in [3.8, 4) is 5.75 Å². The van der Waals surface area contributed by atoms with Gasteiger partial charge in [-0.05, 0) is 67.4 Å². The van der Waals surface area contributed by atoms with Crippen molar-refractivity contribution in [1.29, 1.82) is 0 Å². The lowest BCUT2D eigenvalue weighted by Gasteiger charge is -2.27. The molecule has 0 saturated carbocycles. The number of pyridine rings is 1. The van der Waals surface area contributed by atoms with Crippen LogP contribution in [0.1, 0.15) is 29.7 Å². The van der Waals surface area contributed by atoms with Crippen LogP contribution in [0.2, 0.25) is 10.0 Å². The van der Waals surface area contributed by atoms with Gasteiger partial charge in [-0.3, -0.25) is 19.5 Å². The topological polar surface area (TPSA) is 79.7 Å². The number of ketones is 1. The van der Waals surface area contributed by atoms with Gasteiger partial charge < -0.3 is 9.84 Å². The first-order valence-electron chi connectivity index (χ1n) is 10.2. The molecule has 1 N–H and O–H groups in total. The van der Waals surface area contributed by atoms with Crippen LogP contribution in [0.15, 0.2) is 66.5 Å². The third-order valence-electron chi connectivity index (χ3n) is 5.40. The highest BCUT2D eigenvalue weighted by atomic mass is 35.5. The average molecular weight is 483 g/mol. The number of aryl methyl sites for hydroxylation is 1. The summed E-state index contributed by atoms with van der Waals surface area (Å²) in [6.45, 7) is 4.01. The second-order valence-corrected chi connectivity index (χ2v) is 8.30. The number of carbonyl (C=O) groups is 2. The minimum Gasteiger partial charge on any atom is -0.507 e. The van der Waals surface area contributed by atoms with Crippen LogP contribution < -0.4 is 9.64 Å². The Hall–Kier alpha value is -3.35. The van der Waals surface area contributed by atoms with Crippen molar-refractivity contribution < 1.29 is 19.4 Å². The molecule has 0 bridgehead atoms. The van der Waals surface area contributed by atoms with Gasteiger partial charge in [0, 0.05) is 28.7 Å². The summed E-state index contributed by atoms with van der Waals surface area (Å²) in [5.41, 5.74) is 2.12. The van der Waals surface area contributed by atoms with Crippen molar-refractivity contribution in [1.82, 2.24) is 4.98 Å². The van der Waals surface area contributed by atoms with E-state index >= 15 is 0 Å². The van der Waals surface area contributed by atoms with Gasteiger partial charge in [0.25, 0.3) is 11.7 Å². The molecule has 1 unspecified atom stereocenters. The lowest BCUT2D eigenvalue weighted by Crippen LogP contribution is -2.30. The Balaban J connectivity index is 1.95. The fourth-order valence-electron chi connectivity index (χ4n) is 3.86. The maximum Gasteiger partial charge on any atom is 0.300 e. The van der Waals surface area contributed by atoms with Gasteiger partial charge >= 0.3 is 0 Å². The van der Waals surface area contributed by atoms with Gasteiger partial charge in [0.2, 0.25) is 0 Å². The number of halogens is 2. The predicted octanol–water partition coefficient (Wildman–Crippen LogP) is 5.72. The van der Waals surface area contributed by atoms with Crippen LogP contribution in [0.25, 0.3) is 5.76 Å². The number of aliphatic hydroxyl groups is 1. The molecule has 0 spiro atoms. The number of carbonyl (C=O) groups excluding carboxylic acids is 2. The SMILES string of the molecule is CCOc1cc(/C(O)=C2\C(=O)C(=O)N(c3cc(Cl)ccc3C)C2c2ccncc2)ccc1Cl. The van der Waals surface area contributed by atoms with E-state index in [9.17, 15) is 14.7 Å². The summed E-state index contributed by atoms with van der Waals surface area (Å²) in [6, 6.07) is 12.3. The average Bonchev–Trinajstić information content (AvgIpc) is 3.07. The number of amides is 1. The predicted molar refractivity (Wildman–Crippen MR) is 128 cm³/mol. The van der Waals surface area contributed by atoms with E-state index in [1.165, 1.54) is 4.90 Å². The zero-order chi connectivity index (χ0) is 23.7. The molecule has 1 aromatic heterocycles. The Kier molecular flexibility index (Phi) is 6.40. The summed E-state index contributed by atoms with van der Waals surface area (Å²) in [5, 5.41) is 12.0. The number of benzene rings is 2. The van der Waals surface area contributed by atoms with E-state index < -0.39 is 17.7 Å². The minimum atomic E-state index is -0.878. The highest BCUT2D eigenvalue weighted by Gasteiger charge is 2.47. The second-order valence-electron chi connectivity index (χ2n) is 7.46. The molecule has 1 aliphatic rings. The van der Waals surface area contributed by atoms with Crippen LogP contribution in [0.3, 0.4) is 0 Å². The smallest absolute Gasteiger partial charge is 0.300 e. The van der Waals surface area contributed by atoms with Gasteiger partial charge in [-0.25, -0.2) is 0 Å². The Bertz CT molecular complexity index is 1270. The molecule has 6 nitrogen and oxygen atoms in total. The molecule has 1 aliphatic heterocycles. The Morgan fingerprint density at radius 2 is 1.82 bits per heavy atom. The molecule has 33 heavy (non-hydrogen) atoms. The fraction of sp³-hybridized carbons (Fsp3) is 0.160. The van der Waals surface area contributed by atoms with E-state index in [-0.39, 0.29) is 11.3 Å². The van der Waals surface area contributed by atoms with Crippen molar-refractivity contribution in [3.63, 3.8) is 0 Å². The number of rotatable bonds is 5. The second kappa shape index (κ2) is 9.25. The summed E-state index contributed by atoms with van der Waals surface area (Å²) >= 11 is 12.4. The molecule has 2 heterocycles. The Morgan fingerprint density at radius 3 is 2.52 bits per heavy atom. The van der Waals surface area contributed by atoms with Crippen LogP contribution in [-0.2, 0) is 9.59 Å². The van der Waals surface area contributed by atoms with E-state index in [4.69, 9.17) is 27.9 Å². The molecular weight excluding hydrogens is 463 g/mol. The van der Waals surface area contributed by atoms with E-state index in [2.05, 4.69) is 4.98 Å². The zero-order valence-electron chi connectivity index (χ0n) is 17.9. The molecule has 0 aliphatic carbocycles. The molecule has 1 fully saturated rings. The van der Waals surface area contributed by atoms with E-state index in [0.29, 0.717) is 39.2 Å². The standard InChI is InChI=1S/C25H20Cl2N2O4/c1-3-33-20-12-16(5-7-18(20)27)23(30)21-22(15-8-10-28-11-9-15)29(25(32)24(21)31)19-13-17(26)6-4-14(19)2/h4-13,22,30H,3H2,1-2H3/b23-21+. The molecule has 1 amide bonds.